The third-order valence-electron chi connectivity index (χ3n) is 2.64. The number of aromatic hydroxyl groups is 1. The average molecular weight is 253 g/mol. The molecule has 0 aromatic heterocycles. The quantitative estimate of drug-likeness (QED) is 0.781. The third-order valence-corrected chi connectivity index (χ3v) is 2.64. The van der Waals surface area contributed by atoms with Crippen molar-refractivity contribution >= 4 is 5.91 Å². The van der Waals surface area contributed by atoms with Crippen LogP contribution in [-0.2, 0) is 4.74 Å². The van der Waals surface area contributed by atoms with E-state index in [1.54, 1.807) is 37.3 Å². The molecule has 0 fully saturated rings. The van der Waals surface area contributed by atoms with Crippen LogP contribution in [0.5, 0.6) is 11.5 Å². The van der Waals surface area contributed by atoms with Crippen LogP contribution in [0.1, 0.15) is 16.8 Å². The molecular formula is C13H19NO4. The average Bonchev–Trinajstić information content (AvgIpc) is 2.38. The molecule has 1 N–H and O–H groups in total. The summed E-state index contributed by atoms with van der Waals surface area (Å²) in [7, 11) is 4.76. The van der Waals surface area contributed by atoms with Gasteiger partial charge in [0.1, 0.15) is 0 Å². The number of phenols is 1. The standard InChI is InChI=1S/C13H19NO4/c1-14(8-5-9-17-2)13(16)10-6-4-7-11(18-3)12(10)15/h4,6-7,15H,5,8-9H2,1-3H3. The van der Waals surface area contributed by atoms with Crippen molar-refractivity contribution in [2.75, 3.05) is 34.4 Å². The smallest absolute Gasteiger partial charge is 0.257 e. The zero-order chi connectivity index (χ0) is 13.5. The van der Waals surface area contributed by atoms with Crippen LogP contribution in [0, 0.1) is 0 Å². The maximum atomic E-state index is 12.1. The lowest BCUT2D eigenvalue weighted by Gasteiger charge is -2.18. The molecule has 0 radical (unpaired) electrons. The minimum atomic E-state index is -0.234. The van der Waals surface area contributed by atoms with Crippen LogP contribution in [-0.4, -0.2) is 50.3 Å². The van der Waals surface area contributed by atoms with Crippen molar-refractivity contribution < 1.29 is 19.4 Å². The maximum absolute atomic E-state index is 12.1. The van der Waals surface area contributed by atoms with Crippen molar-refractivity contribution in [3.05, 3.63) is 23.8 Å². The van der Waals surface area contributed by atoms with Crippen LogP contribution >= 0.6 is 0 Å². The molecule has 0 heterocycles. The second kappa shape index (κ2) is 6.86. The topological polar surface area (TPSA) is 59.0 Å². The molecule has 1 amide bonds. The number of rotatable bonds is 6. The summed E-state index contributed by atoms with van der Waals surface area (Å²) in [6, 6.07) is 4.86. The number of amides is 1. The number of nitrogens with zero attached hydrogens (tertiary/aromatic N) is 1. The minimum absolute atomic E-state index is 0.122. The molecule has 0 unspecified atom stereocenters. The fourth-order valence-electron chi connectivity index (χ4n) is 1.61. The highest BCUT2D eigenvalue weighted by atomic mass is 16.5. The molecule has 0 bridgehead atoms. The molecule has 0 aliphatic carbocycles. The lowest BCUT2D eigenvalue weighted by Crippen LogP contribution is -2.28. The van der Waals surface area contributed by atoms with Gasteiger partial charge in [-0.2, -0.15) is 0 Å². The number of phenolic OH excluding ortho intramolecular Hbond substituents is 1. The first-order chi connectivity index (χ1) is 8.61. The lowest BCUT2D eigenvalue weighted by molar-refractivity contribution is 0.0775. The predicted octanol–water partition coefficient (Wildman–Crippen LogP) is 1.51. The van der Waals surface area contributed by atoms with Gasteiger partial charge in [-0.3, -0.25) is 4.79 Å². The van der Waals surface area contributed by atoms with E-state index in [4.69, 9.17) is 9.47 Å². The van der Waals surface area contributed by atoms with Gasteiger partial charge in [-0.1, -0.05) is 6.07 Å². The maximum Gasteiger partial charge on any atom is 0.257 e. The molecule has 0 aliphatic rings. The molecule has 0 aliphatic heterocycles. The Balaban J connectivity index is 2.77. The van der Waals surface area contributed by atoms with E-state index in [0.29, 0.717) is 18.9 Å². The number of hydrogen-bond acceptors (Lipinski definition) is 4. The van der Waals surface area contributed by atoms with Gasteiger partial charge in [0, 0.05) is 27.3 Å². The summed E-state index contributed by atoms with van der Waals surface area (Å²) in [5.74, 6) is -0.0581. The van der Waals surface area contributed by atoms with Gasteiger partial charge in [0.25, 0.3) is 5.91 Å². The summed E-state index contributed by atoms with van der Waals surface area (Å²) in [6.45, 7) is 1.17. The van der Waals surface area contributed by atoms with Crippen molar-refractivity contribution in [3.63, 3.8) is 0 Å². The number of ether oxygens (including phenoxy) is 2. The van der Waals surface area contributed by atoms with Crippen molar-refractivity contribution in [3.8, 4) is 11.5 Å². The van der Waals surface area contributed by atoms with Crippen LogP contribution in [0.3, 0.4) is 0 Å². The Kier molecular flexibility index (Phi) is 5.45. The molecule has 5 nitrogen and oxygen atoms in total. The summed E-state index contributed by atoms with van der Waals surface area (Å²) in [5, 5.41) is 9.88. The van der Waals surface area contributed by atoms with Crippen LogP contribution in [0.4, 0.5) is 0 Å². The van der Waals surface area contributed by atoms with E-state index in [0.717, 1.165) is 6.42 Å². The number of carbonyl (C=O) groups excluding carboxylic acids is 1. The molecule has 0 saturated carbocycles. The van der Waals surface area contributed by atoms with E-state index < -0.39 is 0 Å². The number of benzene rings is 1. The second-order valence-electron chi connectivity index (χ2n) is 3.93. The first kappa shape index (κ1) is 14.3. The minimum Gasteiger partial charge on any atom is -0.504 e. The first-order valence-corrected chi connectivity index (χ1v) is 5.72. The summed E-state index contributed by atoms with van der Waals surface area (Å²) in [5.41, 5.74) is 0.245. The molecule has 18 heavy (non-hydrogen) atoms. The molecule has 0 atom stereocenters. The number of methoxy groups -OCH3 is 2. The zero-order valence-corrected chi connectivity index (χ0v) is 11.0. The third kappa shape index (κ3) is 3.37. The molecule has 100 valence electrons. The van der Waals surface area contributed by atoms with Gasteiger partial charge in [0.05, 0.1) is 12.7 Å². The Morgan fingerprint density at radius 1 is 1.39 bits per heavy atom. The zero-order valence-electron chi connectivity index (χ0n) is 11.0. The number of para-hydroxylation sites is 1. The van der Waals surface area contributed by atoms with Crippen LogP contribution in [0.2, 0.25) is 0 Å². The molecule has 0 saturated heterocycles. The van der Waals surface area contributed by atoms with E-state index in [-0.39, 0.29) is 17.2 Å². The van der Waals surface area contributed by atoms with Gasteiger partial charge in [0.2, 0.25) is 0 Å². The molecule has 1 rings (SSSR count). The van der Waals surface area contributed by atoms with E-state index in [1.165, 1.54) is 7.11 Å². The normalized spacial score (nSPS) is 10.2. The summed E-state index contributed by atoms with van der Waals surface area (Å²) in [6.07, 6.45) is 0.753. The van der Waals surface area contributed by atoms with Crippen molar-refractivity contribution in [2.45, 2.75) is 6.42 Å². The SMILES string of the molecule is COCCCN(C)C(=O)c1cccc(OC)c1O. The van der Waals surface area contributed by atoms with Gasteiger partial charge in [-0.15, -0.1) is 0 Å². The van der Waals surface area contributed by atoms with E-state index in [1.807, 2.05) is 0 Å². The number of carbonyl (C=O) groups is 1. The van der Waals surface area contributed by atoms with Crippen molar-refractivity contribution in [1.29, 1.82) is 0 Å². The molecule has 5 heteroatoms. The largest absolute Gasteiger partial charge is 0.504 e. The Hall–Kier alpha value is -1.75. The van der Waals surface area contributed by atoms with Crippen LogP contribution in [0.25, 0.3) is 0 Å². The van der Waals surface area contributed by atoms with Gasteiger partial charge in [-0.05, 0) is 18.6 Å². The second-order valence-corrected chi connectivity index (χ2v) is 3.93. The van der Waals surface area contributed by atoms with E-state index >= 15 is 0 Å². The summed E-state index contributed by atoms with van der Waals surface area (Å²) >= 11 is 0. The number of hydrogen-bond donors (Lipinski definition) is 1. The summed E-state index contributed by atoms with van der Waals surface area (Å²) < 4.78 is 9.90. The monoisotopic (exact) mass is 253 g/mol. The van der Waals surface area contributed by atoms with Gasteiger partial charge in [-0.25, -0.2) is 0 Å². The van der Waals surface area contributed by atoms with E-state index in [2.05, 4.69) is 0 Å². The molecular weight excluding hydrogens is 234 g/mol. The van der Waals surface area contributed by atoms with Crippen molar-refractivity contribution in [2.24, 2.45) is 0 Å². The molecule has 1 aromatic rings. The van der Waals surface area contributed by atoms with Gasteiger partial charge >= 0.3 is 0 Å². The molecule has 1 aromatic carbocycles. The van der Waals surface area contributed by atoms with Gasteiger partial charge in [0.15, 0.2) is 11.5 Å². The van der Waals surface area contributed by atoms with Crippen molar-refractivity contribution in [1.82, 2.24) is 4.90 Å². The Morgan fingerprint density at radius 2 is 2.11 bits per heavy atom. The lowest BCUT2D eigenvalue weighted by atomic mass is 10.1. The highest BCUT2D eigenvalue weighted by molar-refractivity contribution is 5.97. The van der Waals surface area contributed by atoms with E-state index in [9.17, 15) is 9.90 Å². The van der Waals surface area contributed by atoms with Crippen LogP contribution in [0.15, 0.2) is 18.2 Å². The Labute approximate surface area is 107 Å². The first-order valence-electron chi connectivity index (χ1n) is 5.72. The fraction of sp³-hybridized carbons (Fsp3) is 0.462. The Bertz CT molecular complexity index is 406. The Morgan fingerprint density at radius 3 is 2.72 bits per heavy atom. The molecule has 0 spiro atoms. The predicted molar refractivity (Wildman–Crippen MR) is 68.1 cm³/mol. The fourth-order valence-corrected chi connectivity index (χ4v) is 1.61. The highest BCUT2D eigenvalue weighted by Gasteiger charge is 2.17. The van der Waals surface area contributed by atoms with Gasteiger partial charge < -0.3 is 19.5 Å². The summed E-state index contributed by atoms with van der Waals surface area (Å²) in [4.78, 5) is 13.6. The highest BCUT2D eigenvalue weighted by Crippen LogP contribution is 2.29. The van der Waals surface area contributed by atoms with Crippen LogP contribution < -0.4 is 4.74 Å².